The first kappa shape index (κ1) is 11.2. The van der Waals surface area contributed by atoms with Crippen molar-refractivity contribution in [2.75, 3.05) is 0 Å². The van der Waals surface area contributed by atoms with Crippen molar-refractivity contribution in [1.29, 1.82) is 0 Å². The Hall–Kier alpha value is -0.870. The van der Waals surface area contributed by atoms with Crippen LogP contribution in [0.5, 0.6) is 5.75 Å². The normalized spacial score (nSPS) is 12.5. The molecule has 0 aromatic heterocycles. The van der Waals surface area contributed by atoms with Gasteiger partial charge in [0.05, 0.1) is 6.10 Å². The molecule has 2 N–H and O–H groups in total. The quantitative estimate of drug-likeness (QED) is 0.874. The van der Waals surface area contributed by atoms with Crippen LogP contribution in [0.4, 0.5) is 0 Å². The molecule has 76 valence electrons. The number of aliphatic hydroxyl groups is 1. The number of Topliss-reactive ketones (excluding diaryl/α,β-unsaturated/α-hetero) is 1. The molecule has 0 radical (unpaired) electrons. The van der Waals surface area contributed by atoms with E-state index in [1.165, 1.54) is 13.0 Å². The van der Waals surface area contributed by atoms with Gasteiger partial charge >= 0.3 is 0 Å². The van der Waals surface area contributed by atoms with Gasteiger partial charge in [-0.1, -0.05) is 15.9 Å². The lowest BCUT2D eigenvalue weighted by Crippen LogP contribution is -2.03. The van der Waals surface area contributed by atoms with Crippen LogP contribution in [-0.2, 0) is 4.79 Å². The molecular weight excluding hydrogens is 248 g/mol. The summed E-state index contributed by atoms with van der Waals surface area (Å²) in [7, 11) is 0. The first-order valence-corrected chi connectivity index (χ1v) is 4.96. The highest BCUT2D eigenvalue weighted by atomic mass is 79.9. The third kappa shape index (κ3) is 2.82. The highest BCUT2D eigenvalue weighted by molar-refractivity contribution is 9.10. The minimum Gasteiger partial charge on any atom is -0.508 e. The van der Waals surface area contributed by atoms with Crippen LogP contribution in [0.25, 0.3) is 0 Å². The van der Waals surface area contributed by atoms with Crippen molar-refractivity contribution in [1.82, 2.24) is 0 Å². The molecule has 0 aliphatic heterocycles. The number of phenolic OH excluding ortho intramolecular Hbond substituents is 1. The maximum absolute atomic E-state index is 10.8. The Morgan fingerprint density at radius 3 is 2.79 bits per heavy atom. The van der Waals surface area contributed by atoms with Crippen molar-refractivity contribution < 1.29 is 15.0 Å². The Kier molecular flexibility index (Phi) is 3.66. The van der Waals surface area contributed by atoms with E-state index in [4.69, 9.17) is 0 Å². The SMILES string of the molecule is CC(=O)CC(O)c1cc(Br)ccc1O. The Bertz CT molecular complexity index is 349. The number of aromatic hydroxyl groups is 1. The van der Waals surface area contributed by atoms with Crippen molar-refractivity contribution in [2.24, 2.45) is 0 Å². The number of aliphatic hydroxyl groups excluding tert-OH is 1. The number of carbonyl (C=O) groups is 1. The van der Waals surface area contributed by atoms with Gasteiger partial charge in [0.15, 0.2) is 0 Å². The number of halogens is 1. The van der Waals surface area contributed by atoms with Gasteiger partial charge in [0.2, 0.25) is 0 Å². The topological polar surface area (TPSA) is 57.5 Å². The van der Waals surface area contributed by atoms with Gasteiger partial charge < -0.3 is 10.2 Å². The predicted molar refractivity (Wildman–Crippen MR) is 56.1 cm³/mol. The molecule has 4 heteroatoms. The van der Waals surface area contributed by atoms with Gasteiger partial charge in [-0.3, -0.25) is 4.79 Å². The molecular formula is C10H11BrO3. The lowest BCUT2D eigenvalue weighted by atomic mass is 10.0. The van der Waals surface area contributed by atoms with E-state index in [0.29, 0.717) is 5.56 Å². The average molecular weight is 259 g/mol. The van der Waals surface area contributed by atoms with Gasteiger partial charge in [0, 0.05) is 16.5 Å². The molecule has 1 aromatic carbocycles. The van der Waals surface area contributed by atoms with Crippen molar-refractivity contribution in [3.05, 3.63) is 28.2 Å². The fraction of sp³-hybridized carbons (Fsp3) is 0.300. The van der Waals surface area contributed by atoms with E-state index in [9.17, 15) is 15.0 Å². The molecule has 0 bridgehead atoms. The van der Waals surface area contributed by atoms with Crippen LogP contribution >= 0.6 is 15.9 Å². The third-order valence-electron chi connectivity index (χ3n) is 1.83. The van der Waals surface area contributed by atoms with Crippen molar-refractivity contribution in [2.45, 2.75) is 19.4 Å². The van der Waals surface area contributed by atoms with Crippen molar-refractivity contribution >= 4 is 21.7 Å². The van der Waals surface area contributed by atoms with Gasteiger partial charge in [-0.2, -0.15) is 0 Å². The average Bonchev–Trinajstić information content (AvgIpc) is 2.08. The van der Waals surface area contributed by atoms with E-state index in [-0.39, 0.29) is 18.0 Å². The zero-order valence-electron chi connectivity index (χ0n) is 7.70. The summed E-state index contributed by atoms with van der Waals surface area (Å²) in [5.41, 5.74) is 0.370. The van der Waals surface area contributed by atoms with E-state index in [0.717, 1.165) is 4.47 Å². The third-order valence-corrected chi connectivity index (χ3v) is 2.32. The second kappa shape index (κ2) is 4.57. The first-order chi connectivity index (χ1) is 6.50. The summed E-state index contributed by atoms with van der Waals surface area (Å²) in [4.78, 5) is 10.8. The summed E-state index contributed by atoms with van der Waals surface area (Å²) in [6, 6.07) is 4.74. The highest BCUT2D eigenvalue weighted by Crippen LogP contribution is 2.29. The lowest BCUT2D eigenvalue weighted by molar-refractivity contribution is -0.118. The summed E-state index contributed by atoms with van der Waals surface area (Å²) < 4.78 is 0.757. The Morgan fingerprint density at radius 2 is 2.21 bits per heavy atom. The summed E-state index contributed by atoms with van der Waals surface area (Å²) in [5.74, 6) is -0.112. The molecule has 0 aliphatic rings. The number of hydrogen-bond acceptors (Lipinski definition) is 3. The molecule has 1 atom stereocenters. The monoisotopic (exact) mass is 258 g/mol. The second-order valence-electron chi connectivity index (χ2n) is 3.13. The summed E-state index contributed by atoms with van der Waals surface area (Å²) in [5, 5.41) is 19.0. The standard InChI is InChI=1S/C10H11BrO3/c1-6(12)4-10(14)8-5-7(11)2-3-9(8)13/h2-3,5,10,13-14H,4H2,1H3. The molecule has 0 saturated heterocycles. The van der Waals surface area contributed by atoms with E-state index >= 15 is 0 Å². The molecule has 3 nitrogen and oxygen atoms in total. The van der Waals surface area contributed by atoms with Crippen LogP contribution in [0.1, 0.15) is 25.0 Å². The lowest BCUT2D eigenvalue weighted by Gasteiger charge is -2.11. The molecule has 0 saturated carbocycles. The molecule has 1 unspecified atom stereocenters. The van der Waals surface area contributed by atoms with E-state index in [1.807, 2.05) is 0 Å². The minimum absolute atomic E-state index is 0.00181. The molecule has 0 fully saturated rings. The smallest absolute Gasteiger partial charge is 0.132 e. The predicted octanol–water partition coefficient (Wildman–Crippen LogP) is 2.17. The molecule has 1 aromatic rings. The Morgan fingerprint density at radius 1 is 1.57 bits per heavy atom. The maximum atomic E-state index is 10.8. The summed E-state index contributed by atoms with van der Waals surface area (Å²) in [6.07, 6.45) is -0.922. The number of ketones is 1. The fourth-order valence-electron chi connectivity index (χ4n) is 1.17. The second-order valence-corrected chi connectivity index (χ2v) is 4.04. The van der Waals surface area contributed by atoms with Crippen molar-refractivity contribution in [3.63, 3.8) is 0 Å². The van der Waals surface area contributed by atoms with Gasteiger partial charge in [-0.05, 0) is 25.1 Å². The van der Waals surface area contributed by atoms with Gasteiger partial charge in [0.25, 0.3) is 0 Å². The van der Waals surface area contributed by atoms with E-state index < -0.39 is 6.10 Å². The van der Waals surface area contributed by atoms with Crippen LogP contribution in [0.3, 0.4) is 0 Å². The number of carbonyl (C=O) groups excluding carboxylic acids is 1. The molecule has 0 spiro atoms. The van der Waals surface area contributed by atoms with Gasteiger partial charge in [-0.25, -0.2) is 0 Å². The minimum atomic E-state index is -0.940. The van der Waals surface area contributed by atoms with Crippen LogP contribution in [0.15, 0.2) is 22.7 Å². The van der Waals surface area contributed by atoms with Crippen LogP contribution in [0.2, 0.25) is 0 Å². The Labute approximate surface area is 90.5 Å². The van der Waals surface area contributed by atoms with Crippen LogP contribution in [0, 0.1) is 0 Å². The molecule has 0 heterocycles. The zero-order chi connectivity index (χ0) is 10.7. The first-order valence-electron chi connectivity index (χ1n) is 4.16. The van der Waals surface area contributed by atoms with Crippen LogP contribution < -0.4 is 0 Å². The summed E-state index contributed by atoms with van der Waals surface area (Å²) >= 11 is 3.22. The molecule has 0 amide bonds. The van der Waals surface area contributed by atoms with Gasteiger partial charge in [-0.15, -0.1) is 0 Å². The van der Waals surface area contributed by atoms with Crippen LogP contribution in [-0.4, -0.2) is 16.0 Å². The Balaban J connectivity index is 2.93. The number of rotatable bonds is 3. The van der Waals surface area contributed by atoms with E-state index in [2.05, 4.69) is 15.9 Å². The largest absolute Gasteiger partial charge is 0.508 e. The molecule has 14 heavy (non-hydrogen) atoms. The number of phenols is 1. The van der Waals surface area contributed by atoms with Gasteiger partial charge in [0.1, 0.15) is 11.5 Å². The highest BCUT2D eigenvalue weighted by Gasteiger charge is 2.14. The molecule has 1 rings (SSSR count). The zero-order valence-corrected chi connectivity index (χ0v) is 9.28. The van der Waals surface area contributed by atoms with Crippen molar-refractivity contribution in [3.8, 4) is 5.75 Å². The fourth-order valence-corrected chi connectivity index (χ4v) is 1.55. The number of hydrogen-bond donors (Lipinski definition) is 2. The summed E-state index contributed by atoms with van der Waals surface area (Å²) in [6.45, 7) is 1.40. The molecule has 0 aliphatic carbocycles. The number of benzene rings is 1. The maximum Gasteiger partial charge on any atom is 0.132 e. The van der Waals surface area contributed by atoms with E-state index in [1.54, 1.807) is 12.1 Å².